The summed E-state index contributed by atoms with van der Waals surface area (Å²) in [4.78, 5) is 16.4. The lowest BCUT2D eigenvalue weighted by atomic mass is 10.1. The molecule has 4 rings (SSSR count). The Morgan fingerprint density at radius 3 is 1.85 bits per heavy atom. The zero-order chi connectivity index (χ0) is 18.5. The van der Waals surface area contributed by atoms with Crippen LogP contribution in [-0.2, 0) is 9.84 Å². The zero-order valence-electron chi connectivity index (χ0n) is 14.0. The van der Waals surface area contributed by atoms with Crippen molar-refractivity contribution in [1.82, 2.24) is 0 Å². The lowest BCUT2D eigenvalue weighted by Gasteiger charge is -2.23. The molecule has 2 fully saturated rings. The Balaban J connectivity index is 1.77. The van der Waals surface area contributed by atoms with E-state index in [0.29, 0.717) is 17.1 Å². The second kappa shape index (κ2) is 6.28. The lowest BCUT2D eigenvalue weighted by Crippen LogP contribution is -2.37. The summed E-state index contributed by atoms with van der Waals surface area (Å²) in [5.41, 5.74) is 1.36. The van der Waals surface area contributed by atoms with E-state index in [9.17, 15) is 13.2 Å². The van der Waals surface area contributed by atoms with E-state index in [2.05, 4.69) is 15.9 Å². The first-order valence-corrected chi connectivity index (χ1v) is 10.7. The van der Waals surface area contributed by atoms with Crippen LogP contribution in [0.1, 0.15) is 0 Å². The van der Waals surface area contributed by atoms with Gasteiger partial charge in [0.15, 0.2) is 9.84 Å². The number of hydrogen-bond acceptors (Lipinski definition) is 4. The molecule has 2 amide bonds. The number of benzene rings is 2. The van der Waals surface area contributed by atoms with Crippen LogP contribution in [0.3, 0.4) is 0 Å². The highest BCUT2D eigenvalue weighted by atomic mass is 79.9. The van der Waals surface area contributed by atoms with Gasteiger partial charge in [0.05, 0.1) is 30.7 Å². The molecule has 6 nitrogen and oxygen atoms in total. The fraction of sp³-hybridized carbons (Fsp3) is 0.278. The Morgan fingerprint density at radius 2 is 1.38 bits per heavy atom. The Hall–Kier alpha value is -2.06. The molecular weight excluding hydrogens is 420 g/mol. The molecule has 0 saturated carbocycles. The summed E-state index contributed by atoms with van der Waals surface area (Å²) < 4.78 is 30.6. The van der Waals surface area contributed by atoms with Crippen molar-refractivity contribution in [2.24, 2.45) is 0 Å². The van der Waals surface area contributed by atoms with Gasteiger partial charge in [-0.25, -0.2) is 13.2 Å². The number of anilines is 2. The van der Waals surface area contributed by atoms with Gasteiger partial charge in [-0.1, -0.05) is 15.9 Å². The lowest BCUT2D eigenvalue weighted by molar-refractivity contribution is 0.255. The minimum Gasteiger partial charge on any atom is -0.497 e. The van der Waals surface area contributed by atoms with Crippen LogP contribution < -0.4 is 14.5 Å². The van der Waals surface area contributed by atoms with Gasteiger partial charge in [0.2, 0.25) is 0 Å². The number of urea groups is 1. The molecule has 2 heterocycles. The summed E-state index contributed by atoms with van der Waals surface area (Å²) in [6.45, 7) is 0. The van der Waals surface area contributed by atoms with Crippen molar-refractivity contribution in [2.75, 3.05) is 28.4 Å². The van der Waals surface area contributed by atoms with E-state index in [1.54, 1.807) is 41.2 Å². The van der Waals surface area contributed by atoms with E-state index >= 15 is 0 Å². The molecule has 0 aliphatic carbocycles. The van der Waals surface area contributed by atoms with Crippen molar-refractivity contribution in [3.8, 4) is 5.75 Å². The topological polar surface area (TPSA) is 66.9 Å². The Labute approximate surface area is 160 Å². The molecule has 2 aliphatic heterocycles. The summed E-state index contributed by atoms with van der Waals surface area (Å²) in [5, 5.41) is 0. The number of methoxy groups -OCH3 is 1. The van der Waals surface area contributed by atoms with E-state index in [0.717, 1.165) is 4.47 Å². The predicted molar refractivity (Wildman–Crippen MR) is 104 cm³/mol. The van der Waals surface area contributed by atoms with Crippen LogP contribution >= 0.6 is 15.9 Å². The van der Waals surface area contributed by atoms with Crippen molar-refractivity contribution in [3.63, 3.8) is 0 Å². The van der Waals surface area contributed by atoms with Gasteiger partial charge in [0.25, 0.3) is 0 Å². The molecule has 8 heteroatoms. The molecule has 26 heavy (non-hydrogen) atoms. The van der Waals surface area contributed by atoms with Gasteiger partial charge in [-0.15, -0.1) is 0 Å². The first-order valence-electron chi connectivity index (χ1n) is 8.12. The smallest absolute Gasteiger partial charge is 0.329 e. The molecule has 2 aromatic carbocycles. The van der Waals surface area contributed by atoms with Crippen molar-refractivity contribution < 1.29 is 17.9 Å². The third-order valence-corrected chi connectivity index (χ3v) is 7.05. The molecular formula is C18H17BrN2O4S. The van der Waals surface area contributed by atoms with Crippen LogP contribution in [-0.4, -0.2) is 45.1 Å². The number of halogens is 1. The number of ether oxygens (including phenoxy) is 1. The number of carbonyl (C=O) groups is 1. The van der Waals surface area contributed by atoms with Crippen molar-refractivity contribution in [3.05, 3.63) is 53.0 Å². The predicted octanol–water partition coefficient (Wildman–Crippen LogP) is 3.07. The zero-order valence-corrected chi connectivity index (χ0v) is 16.4. The molecule has 0 unspecified atom stereocenters. The highest BCUT2D eigenvalue weighted by Gasteiger charge is 2.54. The Morgan fingerprint density at radius 1 is 0.923 bits per heavy atom. The van der Waals surface area contributed by atoms with Gasteiger partial charge in [-0.05, 0) is 48.5 Å². The highest BCUT2D eigenvalue weighted by Crippen LogP contribution is 2.38. The maximum absolute atomic E-state index is 13.2. The molecule has 0 radical (unpaired) electrons. The van der Waals surface area contributed by atoms with Crippen LogP contribution in [0.5, 0.6) is 5.75 Å². The van der Waals surface area contributed by atoms with Gasteiger partial charge in [-0.3, -0.25) is 9.80 Å². The molecule has 0 N–H and O–H groups in total. The van der Waals surface area contributed by atoms with Crippen LogP contribution in [0, 0.1) is 0 Å². The molecule has 2 aromatic rings. The van der Waals surface area contributed by atoms with Gasteiger partial charge in [-0.2, -0.15) is 0 Å². The number of nitrogens with zero attached hydrogens (tertiary/aromatic N) is 2. The molecule has 0 aromatic heterocycles. The number of rotatable bonds is 3. The van der Waals surface area contributed by atoms with Gasteiger partial charge >= 0.3 is 6.03 Å². The number of amides is 2. The van der Waals surface area contributed by atoms with Crippen LogP contribution in [0.4, 0.5) is 16.2 Å². The average Bonchev–Trinajstić information content (AvgIpc) is 3.05. The van der Waals surface area contributed by atoms with E-state index < -0.39 is 21.9 Å². The highest BCUT2D eigenvalue weighted by molar-refractivity contribution is 9.10. The first kappa shape index (κ1) is 17.4. The molecule has 136 valence electrons. The third-order valence-electron chi connectivity index (χ3n) is 4.82. The van der Waals surface area contributed by atoms with Crippen molar-refractivity contribution >= 4 is 43.2 Å². The summed E-state index contributed by atoms with van der Waals surface area (Å²) in [6, 6.07) is 13.4. The average molecular weight is 437 g/mol. The van der Waals surface area contributed by atoms with Crippen LogP contribution in [0.15, 0.2) is 53.0 Å². The van der Waals surface area contributed by atoms with Crippen molar-refractivity contribution in [1.29, 1.82) is 0 Å². The van der Waals surface area contributed by atoms with Crippen LogP contribution in [0.2, 0.25) is 0 Å². The first-order chi connectivity index (χ1) is 12.4. The minimum atomic E-state index is -3.20. The van der Waals surface area contributed by atoms with Crippen molar-refractivity contribution in [2.45, 2.75) is 12.1 Å². The standard InChI is InChI=1S/C18H17BrN2O4S/c1-25-15-8-6-14(7-9-15)21-17-11-26(23,24)10-16(17)20(18(21)22)13-4-2-12(19)3-5-13/h2-9,16-17H,10-11H2,1H3/t16-,17-/m1/s1. The monoisotopic (exact) mass is 436 g/mol. The normalized spacial score (nSPS) is 24.0. The largest absolute Gasteiger partial charge is 0.497 e. The quantitative estimate of drug-likeness (QED) is 0.693. The third kappa shape index (κ3) is 2.87. The number of carbonyl (C=O) groups excluding carboxylic acids is 1. The van der Waals surface area contributed by atoms with Gasteiger partial charge in [0.1, 0.15) is 5.75 Å². The number of fused-ring (bicyclic) bond motifs is 1. The minimum absolute atomic E-state index is 0.0217. The second-order valence-electron chi connectivity index (χ2n) is 6.41. The fourth-order valence-corrected chi connectivity index (χ4v) is 5.84. The van der Waals surface area contributed by atoms with Gasteiger partial charge in [0, 0.05) is 15.8 Å². The van der Waals surface area contributed by atoms with E-state index in [-0.39, 0.29) is 17.5 Å². The Bertz CT molecular complexity index is 944. The van der Waals surface area contributed by atoms with Crippen LogP contribution in [0.25, 0.3) is 0 Å². The molecule has 0 spiro atoms. The molecule has 0 bridgehead atoms. The maximum atomic E-state index is 13.2. The summed E-state index contributed by atoms with van der Waals surface area (Å²) in [5.74, 6) is 0.634. The summed E-state index contributed by atoms with van der Waals surface area (Å²) >= 11 is 3.38. The maximum Gasteiger partial charge on any atom is 0.329 e. The number of hydrogen-bond donors (Lipinski definition) is 0. The van der Waals surface area contributed by atoms with E-state index in [1.807, 2.05) is 24.3 Å². The van der Waals surface area contributed by atoms with E-state index in [4.69, 9.17) is 4.74 Å². The summed E-state index contributed by atoms with van der Waals surface area (Å²) in [6.07, 6.45) is 0. The SMILES string of the molecule is COc1ccc(N2C(=O)N(c3ccc(Br)cc3)[C@@H]3CS(=O)(=O)C[C@H]32)cc1. The van der Waals surface area contributed by atoms with E-state index in [1.165, 1.54) is 0 Å². The second-order valence-corrected chi connectivity index (χ2v) is 9.48. The summed E-state index contributed by atoms with van der Waals surface area (Å²) in [7, 11) is -1.63. The molecule has 2 aliphatic rings. The fourth-order valence-electron chi connectivity index (χ4n) is 3.65. The van der Waals surface area contributed by atoms with Gasteiger partial charge < -0.3 is 4.74 Å². The number of sulfone groups is 1. The molecule has 2 saturated heterocycles. The Kier molecular flexibility index (Phi) is 4.19. The molecule has 2 atom stereocenters.